The lowest BCUT2D eigenvalue weighted by Gasteiger charge is -2.30. The van der Waals surface area contributed by atoms with Crippen LogP contribution in [0.2, 0.25) is 0 Å². The highest BCUT2D eigenvalue weighted by Gasteiger charge is 2.38. The number of aromatic nitrogens is 3. The summed E-state index contributed by atoms with van der Waals surface area (Å²) in [5.74, 6) is 0.140. The van der Waals surface area contributed by atoms with Gasteiger partial charge in [-0.1, -0.05) is 68.5 Å². The lowest BCUT2D eigenvalue weighted by atomic mass is 9.82. The summed E-state index contributed by atoms with van der Waals surface area (Å²) in [5.41, 5.74) is 2.61. The second-order valence-corrected chi connectivity index (χ2v) is 12.4. The van der Waals surface area contributed by atoms with Gasteiger partial charge in [-0.15, -0.1) is 16.8 Å². The Kier molecular flexibility index (Phi) is 9.79. The summed E-state index contributed by atoms with van der Waals surface area (Å²) in [6.07, 6.45) is 5.33. The van der Waals surface area contributed by atoms with Crippen molar-refractivity contribution in [2.45, 2.75) is 84.9 Å². The van der Waals surface area contributed by atoms with Crippen molar-refractivity contribution in [3.63, 3.8) is 0 Å². The summed E-state index contributed by atoms with van der Waals surface area (Å²) in [7, 11) is 0. The molecule has 1 N–H and O–H groups in total. The first-order chi connectivity index (χ1) is 19.6. The third-order valence-corrected chi connectivity index (χ3v) is 7.44. The molecule has 0 saturated heterocycles. The smallest absolute Gasteiger partial charge is 0.310 e. The Labute approximate surface area is 244 Å². The van der Waals surface area contributed by atoms with Crippen LogP contribution >= 0.6 is 0 Å². The second kappa shape index (κ2) is 13.3. The van der Waals surface area contributed by atoms with E-state index in [1.807, 2.05) is 45.0 Å². The summed E-state index contributed by atoms with van der Waals surface area (Å²) in [6.45, 7) is 14.3. The van der Waals surface area contributed by atoms with Crippen LogP contribution in [0.4, 0.5) is 0 Å². The molecule has 0 spiro atoms. The standard InChI is InChI=1S/C34H44N4O3/c1-7-14-27(33(40)41-34(4,5)6)28(21-23(2)3)32(39)35-29-19-11-12-20-38-30(36-37-31(29)38)26-18-13-17-25(22-26)24-15-9-8-10-16-24/h7-10,13,15-18,22-23,27-29H,1,11-12,14,19-21H2,2-6H3,(H,35,39). The maximum atomic E-state index is 13.9. The largest absolute Gasteiger partial charge is 0.460 e. The Morgan fingerprint density at radius 1 is 1.02 bits per heavy atom. The number of carbonyl (C=O) groups excluding carboxylic acids is 2. The quantitative estimate of drug-likeness (QED) is 0.212. The molecule has 7 heteroatoms. The molecule has 3 atom stereocenters. The van der Waals surface area contributed by atoms with Gasteiger partial charge < -0.3 is 14.6 Å². The summed E-state index contributed by atoms with van der Waals surface area (Å²) >= 11 is 0. The van der Waals surface area contributed by atoms with E-state index in [-0.39, 0.29) is 23.8 Å². The molecule has 2 aromatic carbocycles. The van der Waals surface area contributed by atoms with E-state index >= 15 is 0 Å². The number of hydrogen-bond acceptors (Lipinski definition) is 5. The third-order valence-electron chi connectivity index (χ3n) is 7.44. The maximum absolute atomic E-state index is 13.9. The second-order valence-electron chi connectivity index (χ2n) is 12.4. The van der Waals surface area contributed by atoms with E-state index in [1.165, 1.54) is 0 Å². The molecule has 3 unspecified atom stereocenters. The molecule has 218 valence electrons. The van der Waals surface area contributed by atoms with Crippen molar-refractivity contribution >= 4 is 11.9 Å². The number of esters is 1. The Morgan fingerprint density at radius 3 is 2.41 bits per heavy atom. The molecule has 3 aromatic rings. The van der Waals surface area contributed by atoms with Crippen molar-refractivity contribution in [3.8, 4) is 22.5 Å². The van der Waals surface area contributed by atoms with Gasteiger partial charge in [0.2, 0.25) is 5.91 Å². The minimum absolute atomic E-state index is 0.148. The van der Waals surface area contributed by atoms with Gasteiger partial charge in [-0.25, -0.2) is 0 Å². The van der Waals surface area contributed by atoms with E-state index in [2.05, 4.69) is 70.8 Å². The van der Waals surface area contributed by atoms with Gasteiger partial charge >= 0.3 is 5.97 Å². The molecule has 2 heterocycles. The number of hydrogen-bond donors (Lipinski definition) is 1. The summed E-state index contributed by atoms with van der Waals surface area (Å²) in [4.78, 5) is 27.2. The van der Waals surface area contributed by atoms with Crippen LogP contribution in [0.1, 0.15) is 78.6 Å². The molecular weight excluding hydrogens is 512 g/mol. The zero-order valence-electron chi connectivity index (χ0n) is 25.1. The molecular formula is C34H44N4O3. The zero-order chi connectivity index (χ0) is 29.6. The van der Waals surface area contributed by atoms with Crippen molar-refractivity contribution in [2.24, 2.45) is 17.8 Å². The number of rotatable bonds is 10. The average Bonchev–Trinajstić information content (AvgIpc) is 3.25. The molecule has 1 aromatic heterocycles. The summed E-state index contributed by atoms with van der Waals surface area (Å²) < 4.78 is 7.88. The first-order valence-electron chi connectivity index (χ1n) is 14.8. The Bertz CT molecular complexity index is 1340. The highest BCUT2D eigenvalue weighted by atomic mass is 16.6. The van der Waals surface area contributed by atoms with Crippen molar-refractivity contribution in [2.75, 3.05) is 0 Å². The fourth-order valence-corrected chi connectivity index (χ4v) is 5.58. The van der Waals surface area contributed by atoms with Crippen molar-refractivity contribution in [1.82, 2.24) is 20.1 Å². The predicted octanol–water partition coefficient (Wildman–Crippen LogP) is 7.15. The number of amides is 1. The van der Waals surface area contributed by atoms with E-state index in [0.717, 1.165) is 54.1 Å². The molecule has 4 rings (SSSR count). The molecule has 1 amide bonds. The lowest BCUT2D eigenvalue weighted by Crippen LogP contribution is -2.42. The molecule has 0 radical (unpaired) electrons. The van der Waals surface area contributed by atoms with Gasteiger partial charge in [0.1, 0.15) is 5.60 Å². The fourth-order valence-electron chi connectivity index (χ4n) is 5.58. The van der Waals surface area contributed by atoms with Crippen LogP contribution in [-0.4, -0.2) is 32.2 Å². The maximum Gasteiger partial charge on any atom is 0.310 e. The van der Waals surface area contributed by atoms with E-state index < -0.39 is 17.4 Å². The van der Waals surface area contributed by atoms with Crippen LogP contribution < -0.4 is 5.32 Å². The zero-order valence-corrected chi connectivity index (χ0v) is 25.1. The number of benzene rings is 2. The SMILES string of the molecule is C=CCC(C(=O)OC(C)(C)C)C(CC(C)C)C(=O)NC1CCCCn2c(-c3cccc(-c4ccccc4)c3)nnc21. The molecule has 0 fully saturated rings. The molecule has 7 nitrogen and oxygen atoms in total. The third kappa shape index (κ3) is 7.72. The van der Waals surface area contributed by atoms with E-state index in [9.17, 15) is 9.59 Å². The van der Waals surface area contributed by atoms with E-state index in [0.29, 0.717) is 12.8 Å². The normalized spacial score (nSPS) is 16.8. The number of fused-ring (bicyclic) bond motifs is 1. The highest BCUT2D eigenvalue weighted by molar-refractivity contribution is 5.86. The molecule has 1 aliphatic rings. The van der Waals surface area contributed by atoms with Crippen LogP contribution in [0.15, 0.2) is 67.3 Å². The molecule has 0 saturated carbocycles. The van der Waals surface area contributed by atoms with Gasteiger partial charge in [0.25, 0.3) is 0 Å². The van der Waals surface area contributed by atoms with Crippen molar-refractivity contribution in [1.29, 1.82) is 0 Å². The minimum atomic E-state index is -0.638. The molecule has 0 bridgehead atoms. The summed E-state index contributed by atoms with van der Waals surface area (Å²) in [5, 5.41) is 12.5. The number of allylic oxidation sites excluding steroid dienone is 1. The van der Waals surface area contributed by atoms with Crippen LogP contribution in [0.5, 0.6) is 0 Å². The van der Waals surface area contributed by atoms with E-state index in [1.54, 1.807) is 6.08 Å². The first kappa shape index (κ1) is 30.2. The van der Waals surface area contributed by atoms with Crippen molar-refractivity contribution in [3.05, 3.63) is 73.1 Å². The minimum Gasteiger partial charge on any atom is -0.460 e. The summed E-state index contributed by atoms with van der Waals surface area (Å²) in [6, 6.07) is 18.3. The topological polar surface area (TPSA) is 86.1 Å². The molecule has 0 aliphatic carbocycles. The monoisotopic (exact) mass is 556 g/mol. The van der Waals surface area contributed by atoms with Gasteiger partial charge in [-0.2, -0.15) is 0 Å². The number of nitrogens with one attached hydrogen (secondary N) is 1. The Balaban J connectivity index is 1.62. The molecule has 1 aliphatic heterocycles. The number of nitrogens with zero attached hydrogens (tertiary/aromatic N) is 3. The van der Waals surface area contributed by atoms with E-state index in [4.69, 9.17) is 4.74 Å². The first-order valence-corrected chi connectivity index (χ1v) is 14.8. The van der Waals surface area contributed by atoms with Crippen LogP contribution in [-0.2, 0) is 20.9 Å². The molecule has 41 heavy (non-hydrogen) atoms. The van der Waals surface area contributed by atoms with Crippen LogP contribution in [0, 0.1) is 17.8 Å². The van der Waals surface area contributed by atoms with Gasteiger partial charge in [0.05, 0.1) is 17.9 Å². The van der Waals surface area contributed by atoms with Gasteiger partial charge in [-0.3, -0.25) is 9.59 Å². The number of ether oxygens (including phenoxy) is 1. The van der Waals surface area contributed by atoms with Crippen LogP contribution in [0.25, 0.3) is 22.5 Å². The lowest BCUT2D eigenvalue weighted by molar-refractivity contribution is -0.164. The van der Waals surface area contributed by atoms with Crippen LogP contribution in [0.3, 0.4) is 0 Å². The highest BCUT2D eigenvalue weighted by Crippen LogP contribution is 2.32. The fraction of sp³-hybridized carbons (Fsp3) is 0.471. The van der Waals surface area contributed by atoms with Crippen molar-refractivity contribution < 1.29 is 14.3 Å². The predicted molar refractivity (Wildman–Crippen MR) is 163 cm³/mol. The van der Waals surface area contributed by atoms with Gasteiger partial charge in [0.15, 0.2) is 11.6 Å². The Hall–Kier alpha value is -3.74. The van der Waals surface area contributed by atoms with Gasteiger partial charge in [0, 0.05) is 12.1 Å². The Morgan fingerprint density at radius 2 is 1.73 bits per heavy atom. The average molecular weight is 557 g/mol. The number of carbonyl (C=O) groups is 2. The van der Waals surface area contributed by atoms with Gasteiger partial charge in [-0.05, 0) is 76.0 Å².